The molecule has 0 aromatic heterocycles. The summed E-state index contributed by atoms with van der Waals surface area (Å²) in [4.78, 5) is 12.8. The number of hydrogen-bond acceptors (Lipinski definition) is 3. The molecule has 0 fully saturated rings. The minimum absolute atomic E-state index is 0.204. The third kappa shape index (κ3) is 3.35. The van der Waals surface area contributed by atoms with Crippen LogP contribution in [0.4, 0.5) is 5.69 Å². The minimum atomic E-state index is 0.204. The molecule has 3 nitrogen and oxygen atoms in total. The summed E-state index contributed by atoms with van der Waals surface area (Å²) in [6.07, 6.45) is 1.60. The van der Waals surface area contributed by atoms with Crippen LogP contribution in [-0.4, -0.2) is 30.6 Å². The first-order valence-electron chi connectivity index (χ1n) is 5.61. The van der Waals surface area contributed by atoms with E-state index in [4.69, 9.17) is 5.11 Å². The second-order valence-electron chi connectivity index (χ2n) is 4.07. The fourth-order valence-corrected chi connectivity index (χ4v) is 1.67. The molecule has 0 unspecified atom stereocenters. The van der Waals surface area contributed by atoms with Crippen LogP contribution in [0.1, 0.15) is 30.6 Å². The fraction of sp³-hybridized carbons (Fsp3) is 0.462. The van der Waals surface area contributed by atoms with Gasteiger partial charge in [-0.15, -0.1) is 0 Å². The largest absolute Gasteiger partial charge is 0.396 e. The monoisotopic (exact) mass is 221 g/mol. The SMILES string of the molecule is CC(C)N(CCCO)c1ccc(C=O)cc1. The van der Waals surface area contributed by atoms with Crippen LogP contribution in [0, 0.1) is 0 Å². The molecular weight excluding hydrogens is 202 g/mol. The van der Waals surface area contributed by atoms with E-state index >= 15 is 0 Å². The smallest absolute Gasteiger partial charge is 0.150 e. The molecule has 0 saturated carbocycles. The molecule has 0 atom stereocenters. The van der Waals surface area contributed by atoms with E-state index in [-0.39, 0.29) is 6.61 Å². The van der Waals surface area contributed by atoms with Crippen molar-refractivity contribution in [1.82, 2.24) is 0 Å². The van der Waals surface area contributed by atoms with Gasteiger partial charge in [-0.1, -0.05) is 0 Å². The van der Waals surface area contributed by atoms with Gasteiger partial charge in [-0.05, 0) is 44.5 Å². The quantitative estimate of drug-likeness (QED) is 0.748. The molecule has 1 aromatic carbocycles. The number of aliphatic hydroxyl groups is 1. The maximum atomic E-state index is 10.5. The highest BCUT2D eigenvalue weighted by Gasteiger charge is 2.09. The molecule has 1 N–H and O–H groups in total. The highest BCUT2D eigenvalue weighted by Crippen LogP contribution is 2.17. The van der Waals surface area contributed by atoms with Gasteiger partial charge in [-0.2, -0.15) is 0 Å². The van der Waals surface area contributed by atoms with Gasteiger partial charge in [0.25, 0.3) is 0 Å². The van der Waals surface area contributed by atoms with E-state index < -0.39 is 0 Å². The summed E-state index contributed by atoms with van der Waals surface area (Å²) in [5.41, 5.74) is 1.78. The predicted molar refractivity (Wildman–Crippen MR) is 66.0 cm³/mol. The first-order valence-corrected chi connectivity index (χ1v) is 5.61. The van der Waals surface area contributed by atoms with E-state index in [1.807, 2.05) is 24.3 Å². The van der Waals surface area contributed by atoms with Crippen molar-refractivity contribution in [2.45, 2.75) is 26.3 Å². The summed E-state index contributed by atoms with van der Waals surface area (Å²) in [5, 5.41) is 8.85. The van der Waals surface area contributed by atoms with Crippen molar-refractivity contribution in [3.63, 3.8) is 0 Å². The van der Waals surface area contributed by atoms with E-state index in [1.165, 1.54) is 0 Å². The number of nitrogens with zero attached hydrogens (tertiary/aromatic N) is 1. The maximum absolute atomic E-state index is 10.5. The number of aldehydes is 1. The molecule has 0 bridgehead atoms. The highest BCUT2D eigenvalue weighted by molar-refractivity contribution is 5.75. The number of aliphatic hydroxyl groups excluding tert-OH is 1. The molecule has 0 spiro atoms. The number of carbonyl (C=O) groups is 1. The summed E-state index contributed by atoms with van der Waals surface area (Å²) in [5.74, 6) is 0. The Labute approximate surface area is 96.7 Å². The van der Waals surface area contributed by atoms with Crippen molar-refractivity contribution in [2.24, 2.45) is 0 Å². The van der Waals surface area contributed by atoms with Gasteiger partial charge in [0.2, 0.25) is 0 Å². The van der Waals surface area contributed by atoms with Crippen molar-refractivity contribution in [2.75, 3.05) is 18.1 Å². The number of hydrogen-bond donors (Lipinski definition) is 1. The predicted octanol–water partition coefficient (Wildman–Crippen LogP) is 2.10. The Balaban J connectivity index is 2.79. The zero-order valence-electron chi connectivity index (χ0n) is 9.89. The van der Waals surface area contributed by atoms with Gasteiger partial charge >= 0.3 is 0 Å². The van der Waals surface area contributed by atoms with E-state index in [1.54, 1.807) is 0 Å². The first kappa shape index (κ1) is 12.7. The second-order valence-corrected chi connectivity index (χ2v) is 4.07. The molecule has 0 aliphatic heterocycles. The zero-order chi connectivity index (χ0) is 12.0. The average molecular weight is 221 g/mol. The molecule has 16 heavy (non-hydrogen) atoms. The summed E-state index contributed by atoms with van der Waals surface area (Å²) in [6, 6.07) is 7.91. The summed E-state index contributed by atoms with van der Waals surface area (Å²) in [7, 11) is 0. The second kappa shape index (κ2) is 6.28. The number of carbonyl (C=O) groups excluding carboxylic acids is 1. The van der Waals surface area contributed by atoms with Gasteiger partial charge in [0.05, 0.1) is 0 Å². The van der Waals surface area contributed by atoms with Crippen LogP contribution in [-0.2, 0) is 0 Å². The van der Waals surface area contributed by atoms with Crippen molar-refractivity contribution in [3.8, 4) is 0 Å². The van der Waals surface area contributed by atoms with Crippen LogP contribution in [0.25, 0.3) is 0 Å². The Kier molecular flexibility index (Phi) is 4.99. The Hall–Kier alpha value is -1.35. The third-order valence-corrected chi connectivity index (χ3v) is 2.54. The van der Waals surface area contributed by atoms with Gasteiger partial charge in [-0.3, -0.25) is 4.79 Å². The van der Waals surface area contributed by atoms with E-state index in [9.17, 15) is 4.79 Å². The molecule has 0 saturated heterocycles. The molecule has 0 aliphatic carbocycles. The maximum Gasteiger partial charge on any atom is 0.150 e. The number of rotatable bonds is 6. The Morgan fingerprint density at radius 1 is 1.31 bits per heavy atom. The van der Waals surface area contributed by atoms with Gasteiger partial charge in [0.1, 0.15) is 6.29 Å². The van der Waals surface area contributed by atoms with Gasteiger partial charge in [0, 0.05) is 30.4 Å². The molecule has 0 aliphatic rings. The van der Waals surface area contributed by atoms with Crippen molar-refractivity contribution in [1.29, 1.82) is 0 Å². The lowest BCUT2D eigenvalue weighted by atomic mass is 10.2. The lowest BCUT2D eigenvalue weighted by Gasteiger charge is -2.28. The van der Waals surface area contributed by atoms with Crippen molar-refractivity contribution < 1.29 is 9.90 Å². The normalized spacial score (nSPS) is 10.5. The van der Waals surface area contributed by atoms with Gasteiger partial charge in [0.15, 0.2) is 0 Å². The van der Waals surface area contributed by atoms with Crippen LogP contribution in [0.5, 0.6) is 0 Å². The Bertz CT molecular complexity index is 319. The van der Waals surface area contributed by atoms with E-state index in [2.05, 4.69) is 18.7 Å². The molecule has 1 rings (SSSR count). The van der Waals surface area contributed by atoms with Gasteiger partial charge in [-0.25, -0.2) is 0 Å². The van der Waals surface area contributed by atoms with Crippen LogP contribution >= 0.6 is 0 Å². The summed E-state index contributed by atoms with van der Waals surface area (Å²) in [6.45, 7) is 5.26. The molecule has 0 radical (unpaired) electrons. The lowest BCUT2D eigenvalue weighted by Crippen LogP contribution is -2.32. The molecule has 0 heterocycles. The number of anilines is 1. The van der Waals surface area contributed by atoms with Crippen LogP contribution < -0.4 is 4.90 Å². The first-order chi connectivity index (χ1) is 7.69. The number of benzene rings is 1. The van der Waals surface area contributed by atoms with Crippen LogP contribution in [0.2, 0.25) is 0 Å². The molecule has 0 amide bonds. The summed E-state index contributed by atoms with van der Waals surface area (Å²) >= 11 is 0. The average Bonchev–Trinajstić information content (AvgIpc) is 2.30. The van der Waals surface area contributed by atoms with Crippen LogP contribution in [0.15, 0.2) is 24.3 Å². The summed E-state index contributed by atoms with van der Waals surface area (Å²) < 4.78 is 0. The lowest BCUT2D eigenvalue weighted by molar-refractivity contribution is 0.112. The van der Waals surface area contributed by atoms with E-state index in [0.29, 0.717) is 11.6 Å². The highest BCUT2D eigenvalue weighted by atomic mass is 16.3. The van der Waals surface area contributed by atoms with Crippen molar-refractivity contribution in [3.05, 3.63) is 29.8 Å². The van der Waals surface area contributed by atoms with Gasteiger partial charge < -0.3 is 10.0 Å². The topological polar surface area (TPSA) is 40.5 Å². The fourth-order valence-electron chi connectivity index (χ4n) is 1.67. The standard InChI is InChI=1S/C13H19NO2/c1-11(2)14(8-3-9-15)13-6-4-12(10-16)5-7-13/h4-7,10-11,15H,3,8-9H2,1-2H3. The molecular formula is C13H19NO2. The van der Waals surface area contributed by atoms with Crippen LogP contribution in [0.3, 0.4) is 0 Å². The Morgan fingerprint density at radius 2 is 1.94 bits per heavy atom. The van der Waals surface area contributed by atoms with E-state index in [0.717, 1.165) is 24.9 Å². The molecule has 88 valence electrons. The molecule has 1 aromatic rings. The van der Waals surface area contributed by atoms with Crippen molar-refractivity contribution >= 4 is 12.0 Å². The Morgan fingerprint density at radius 3 is 2.38 bits per heavy atom. The molecule has 3 heteroatoms. The third-order valence-electron chi connectivity index (χ3n) is 2.54. The minimum Gasteiger partial charge on any atom is -0.396 e. The zero-order valence-corrected chi connectivity index (χ0v) is 9.89.